The number of aromatic nitrogens is 4. The Kier molecular flexibility index (Phi) is 6.17. The fourth-order valence-electron chi connectivity index (χ4n) is 3.19. The van der Waals surface area contributed by atoms with Crippen LogP contribution in [0.5, 0.6) is 0 Å². The van der Waals surface area contributed by atoms with Crippen LogP contribution in [-0.2, 0) is 6.18 Å². The summed E-state index contributed by atoms with van der Waals surface area (Å²) in [4.78, 5) is 20.9. The van der Waals surface area contributed by atoms with Crippen molar-refractivity contribution in [2.24, 2.45) is 0 Å². The van der Waals surface area contributed by atoms with Gasteiger partial charge in [-0.1, -0.05) is 12.1 Å². The molecule has 0 spiro atoms. The van der Waals surface area contributed by atoms with E-state index in [0.717, 1.165) is 17.7 Å². The molecule has 2 heterocycles. The van der Waals surface area contributed by atoms with E-state index in [1.807, 2.05) is 6.92 Å². The number of rotatable bonds is 6. The lowest BCUT2D eigenvalue weighted by Gasteiger charge is -2.14. The number of nitrogens with zero attached hydrogens (tertiary/aromatic N) is 4. The Bertz CT molecular complexity index is 1330. The number of aryl methyl sites for hydroxylation is 1. The van der Waals surface area contributed by atoms with Gasteiger partial charge in [-0.15, -0.1) is 0 Å². The molecule has 8 nitrogen and oxygen atoms in total. The molecule has 2 aromatic heterocycles. The Balaban J connectivity index is 1.56. The van der Waals surface area contributed by atoms with Crippen LogP contribution >= 0.6 is 0 Å². The van der Waals surface area contributed by atoms with Crippen molar-refractivity contribution in [2.75, 3.05) is 23.0 Å². The minimum atomic E-state index is -4.53. The van der Waals surface area contributed by atoms with E-state index in [9.17, 15) is 18.0 Å². The van der Waals surface area contributed by atoms with Crippen LogP contribution < -0.4 is 16.0 Å². The molecular weight excluding hydrogens is 447 g/mol. The van der Waals surface area contributed by atoms with E-state index in [1.165, 1.54) is 18.5 Å². The van der Waals surface area contributed by atoms with Crippen LogP contribution in [-0.4, -0.2) is 32.7 Å². The quantitative estimate of drug-likeness (QED) is 0.368. The molecule has 0 unspecified atom stereocenters. The van der Waals surface area contributed by atoms with Crippen LogP contribution in [0.3, 0.4) is 0 Å². The van der Waals surface area contributed by atoms with Crippen molar-refractivity contribution in [1.82, 2.24) is 19.7 Å². The number of amides is 1. The highest BCUT2D eigenvalue weighted by Crippen LogP contribution is 2.30. The van der Waals surface area contributed by atoms with Crippen molar-refractivity contribution < 1.29 is 18.0 Å². The van der Waals surface area contributed by atoms with Gasteiger partial charge in [0.1, 0.15) is 18.0 Å². The number of alkyl halides is 3. The van der Waals surface area contributed by atoms with Crippen molar-refractivity contribution in [3.63, 3.8) is 0 Å². The van der Waals surface area contributed by atoms with Gasteiger partial charge in [-0.3, -0.25) is 4.79 Å². The molecule has 0 aliphatic rings. The fourth-order valence-corrected chi connectivity index (χ4v) is 3.19. The van der Waals surface area contributed by atoms with Crippen molar-refractivity contribution in [1.29, 1.82) is 0 Å². The molecule has 0 bridgehead atoms. The molecule has 0 saturated carbocycles. The third-order valence-corrected chi connectivity index (χ3v) is 4.98. The van der Waals surface area contributed by atoms with Gasteiger partial charge in [-0.05, 0) is 42.8 Å². The molecule has 0 fully saturated rings. The molecule has 4 rings (SSSR count). The van der Waals surface area contributed by atoms with Crippen LogP contribution in [0.15, 0.2) is 67.1 Å². The van der Waals surface area contributed by atoms with E-state index in [4.69, 9.17) is 0 Å². The molecule has 0 radical (unpaired) electrons. The Morgan fingerprint density at radius 2 is 1.85 bits per heavy atom. The minimum Gasteiger partial charge on any atom is -0.373 e. The standard InChI is InChI=1S/C23H20F3N7O/c1-14-6-7-17(31-22(34)15-4-3-5-16(10-15)23(24,25)26)11-18(14)32-20-8-9-30-33(20)21-12-19(27-2)28-13-29-21/h3-13,32H,1-2H3,(H,31,34)(H,27,28,29). The first-order valence-corrected chi connectivity index (χ1v) is 10.1. The molecule has 0 atom stereocenters. The third kappa shape index (κ3) is 4.98. The van der Waals surface area contributed by atoms with Crippen molar-refractivity contribution in [3.05, 3.63) is 83.8 Å². The highest BCUT2D eigenvalue weighted by Gasteiger charge is 2.30. The molecule has 11 heteroatoms. The zero-order valence-electron chi connectivity index (χ0n) is 18.2. The number of carbonyl (C=O) groups is 1. The predicted molar refractivity (Wildman–Crippen MR) is 123 cm³/mol. The van der Waals surface area contributed by atoms with Gasteiger partial charge in [-0.25, -0.2) is 9.97 Å². The minimum absolute atomic E-state index is 0.0907. The summed E-state index contributed by atoms with van der Waals surface area (Å²) in [5.74, 6) is 1.14. The van der Waals surface area contributed by atoms with Crippen molar-refractivity contribution in [3.8, 4) is 5.82 Å². The summed E-state index contributed by atoms with van der Waals surface area (Å²) in [6.07, 6.45) is -1.50. The Labute approximate surface area is 192 Å². The van der Waals surface area contributed by atoms with E-state index in [0.29, 0.717) is 28.8 Å². The molecule has 4 aromatic rings. The number of halogens is 3. The molecule has 2 aromatic carbocycles. The molecule has 0 saturated heterocycles. The number of anilines is 4. The summed E-state index contributed by atoms with van der Waals surface area (Å²) in [7, 11) is 1.75. The SMILES string of the molecule is CNc1cc(-n2nccc2Nc2cc(NC(=O)c3cccc(C(F)(F)F)c3)ccc2C)ncn1. The number of hydrogen-bond acceptors (Lipinski definition) is 6. The normalized spacial score (nSPS) is 11.2. The first-order chi connectivity index (χ1) is 16.2. The summed E-state index contributed by atoms with van der Waals surface area (Å²) in [5, 5.41) is 13.2. The molecule has 0 aliphatic heterocycles. The van der Waals surface area contributed by atoms with E-state index < -0.39 is 17.6 Å². The van der Waals surface area contributed by atoms with Gasteiger partial charge in [-0.2, -0.15) is 23.0 Å². The second-order valence-electron chi connectivity index (χ2n) is 7.33. The third-order valence-electron chi connectivity index (χ3n) is 4.98. The van der Waals surface area contributed by atoms with Gasteiger partial charge in [0.25, 0.3) is 5.91 Å². The lowest BCUT2D eigenvalue weighted by Crippen LogP contribution is -2.14. The Hall–Kier alpha value is -4.41. The summed E-state index contributed by atoms with van der Waals surface area (Å²) >= 11 is 0. The highest BCUT2D eigenvalue weighted by atomic mass is 19.4. The lowest BCUT2D eigenvalue weighted by molar-refractivity contribution is -0.137. The van der Waals surface area contributed by atoms with Crippen LogP contribution in [0.2, 0.25) is 0 Å². The number of hydrogen-bond donors (Lipinski definition) is 3. The Morgan fingerprint density at radius 3 is 2.62 bits per heavy atom. The molecule has 0 aliphatic carbocycles. The second kappa shape index (κ2) is 9.22. The Morgan fingerprint density at radius 1 is 1.03 bits per heavy atom. The van der Waals surface area contributed by atoms with Crippen LogP contribution in [0.1, 0.15) is 21.5 Å². The van der Waals surface area contributed by atoms with Gasteiger partial charge >= 0.3 is 6.18 Å². The van der Waals surface area contributed by atoms with E-state index in [1.54, 1.807) is 48.3 Å². The maximum Gasteiger partial charge on any atom is 0.416 e. The zero-order valence-corrected chi connectivity index (χ0v) is 18.2. The first-order valence-electron chi connectivity index (χ1n) is 10.1. The molecule has 174 valence electrons. The highest BCUT2D eigenvalue weighted by molar-refractivity contribution is 6.04. The second-order valence-corrected chi connectivity index (χ2v) is 7.33. The van der Waals surface area contributed by atoms with Gasteiger partial charge in [0.15, 0.2) is 5.82 Å². The molecule has 34 heavy (non-hydrogen) atoms. The number of benzene rings is 2. The van der Waals surface area contributed by atoms with Crippen molar-refractivity contribution in [2.45, 2.75) is 13.1 Å². The smallest absolute Gasteiger partial charge is 0.373 e. The van der Waals surface area contributed by atoms with E-state index >= 15 is 0 Å². The van der Waals surface area contributed by atoms with Crippen LogP contribution in [0.25, 0.3) is 5.82 Å². The largest absolute Gasteiger partial charge is 0.416 e. The molecule has 1 amide bonds. The average Bonchev–Trinajstić information content (AvgIpc) is 3.29. The summed E-state index contributed by atoms with van der Waals surface area (Å²) < 4.78 is 40.5. The van der Waals surface area contributed by atoms with Gasteiger partial charge in [0, 0.05) is 36.1 Å². The summed E-state index contributed by atoms with van der Waals surface area (Å²) in [6, 6.07) is 12.9. The first kappa shape index (κ1) is 22.8. The zero-order chi connectivity index (χ0) is 24.3. The van der Waals surface area contributed by atoms with E-state index in [2.05, 4.69) is 31.0 Å². The average molecular weight is 467 g/mol. The molecular formula is C23H20F3N7O. The van der Waals surface area contributed by atoms with Gasteiger partial charge in [0.2, 0.25) is 0 Å². The maximum atomic E-state index is 13.0. The predicted octanol–water partition coefficient (Wildman–Crippen LogP) is 5.03. The van der Waals surface area contributed by atoms with Crippen LogP contribution in [0, 0.1) is 6.92 Å². The lowest BCUT2D eigenvalue weighted by atomic mass is 10.1. The van der Waals surface area contributed by atoms with Gasteiger partial charge in [0.05, 0.1) is 11.8 Å². The number of carbonyl (C=O) groups excluding carboxylic acids is 1. The van der Waals surface area contributed by atoms with Gasteiger partial charge < -0.3 is 16.0 Å². The maximum absolute atomic E-state index is 13.0. The topological polar surface area (TPSA) is 96.8 Å². The summed E-state index contributed by atoms with van der Waals surface area (Å²) in [6.45, 7) is 1.88. The van der Waals surface area contributed by atoms with Crippen LogP contribution in [0.4, 0.5) is 36.2 Å². The van der Waals surface area contributed by atoms with Crippen molar-refractivity contribution >= 4 is 28.9 Å². The molecule has 3 N–H and O–H groups in total. The van der Waals surface area contributed by atoms with E-state index in [-0.39, 0.29) is 5.56 Å². The fraction of sp³-hybridized carbons (Fsp3) is 0.130. The monoisotopic (exact) mass is 467 g/mol. The summed E-state index contributed by atoms with van der Waals surface area (Å²) in [5.41, 5.74) is 0.994. The number of nitrogens with one attached hydrogen (secondary N) is 3.